The van der Waals surface area contributed by atoms with Gasteiger partial charge in [0.2, 0.25) is 0 Å². The van der Waals surface area contributed by atoms with Gasteiger partial charge in [-0.15, -0.1) is 0 Å². The van der Waals surface area contributed by atoms with Gasteiger partial charge in [-0.3, -0.25) is 5.41 Å². The van der Waals surface area contributed by atoms with E-state index < -0.39 is 5.84 Å². The van der Waals surface area contributed by atoms with Gasteiger partial charge in [0.05, 0.1) is 0 Å². The smallest absolute Gasteiger partial charge is 0.136 e. The van der Waals surface area contributed by atoms with E-state index in [4.69, 9.17) is 33.7 Å². The molecule has 0 aromatic rings. The molecular formula is C4H5ClN4. The monoisotopic (exact) mass is 144 g/mol. The molecule has 0 aromatic carbocycles. The van der Waals surface area contributed by atoms with Crippen LogP contribution >= 0.6 is 11.6 Å². The van der Waals surface area contributed by atoms with Crippen LogP contribution < -0.4 is 11.5 Å². The molecule has 0 amide bonds. The van der Waals surface area contributed by atoms with Gasteiger partial charge in [0.1, 0.15) is 22.6 Å². The molecule has 0 saturated carbocycles. The van der Waals surface area contributed by atoms with Crippen LogP contribution in [0.5, 0.6) is 0 Å². The Balaban J connectivity index is 4.62. The fraction of sp³-hybridized carbons (Fsp3) is 0. The molecule has 0 radical (unpaired) electrons. The molecule has 0 heterocycles. The molecule has 0 aliphatic rings. The predicted octanol–water partition coefficient (Wildman–Crippen LogP) is -0.145. The third-order valence-corrected chi connectivity index (χ3v) is 0.809. The molecule has 0 bridgehead atoms. The second kappa shape index (κ2) is 2.95. The van der Waals surface area contributed by atoms with Crippen LogP contribution in [0.1, 0.15) is 0 Å². The Morgan fingerprint density at radius 3 is 2.00 bits per heavy atom. The summed E-state index contributed by atoms with van der Waals surface area (Å²) < 4.78 is 0. The van der Waals surface area contributed by atoms with Gasteiger partial charge in [0.25, 0.3) is 0 Å². The summed E-state index contributed by atoms with van der Waals surface area (Å²) in [6.07, 6.45) is 0. The summed E-state index contributed by atoms with van der Waals surface area (Å²) >= 11 is 5.15. The van der Waals surface area contributed by atoms with E-state index in [0.29, 0.717) is 0 Å². The van der Waals surface area contributed by atoms with Gasteiger partial charge in [-0.1, -0.05) is 11.6 Å². The average Bonchev–Trinajstić information content (AvgIpc) is 1.64. The molecule has 4 nitrogen and oxygen atoms in total. The largest absolute Gasteiger partial charge is 0.388 e. The number of hydrogen-bond acceptors (Lipinski definition) is 3. The first-order chi connectivity index (χ1) is 4.09. The molecule has 5 heteroatoms. The van der Waals surface area contributed by atoms with E-state index in [2.05, 4.69) is 0 Å². The van der Waals surface area contributed by atoms with Crippen LogP contribution in [-0.4, -0.2) is 5.84 Å². The number of amidine groups is 1. The zero-order valence-electron chi connectivity index (χ0n) is 4.48. The molecule has 0 fully saturated rings. The van der Waals surface area contributed by atoms with E-state index in [0.717, 1.165) is 0 Å². The van der Waals surface area contributed by atoms with Gasteiger partial charge in [-0.05, 0) is 0 Å². The first-order valence-corrected chi connectivity index (χ1v) is 2.37. The highest BCUT2D eigenvalue weighted by Gasteiger charge is 2.01. The molecule has 0 spiro atoms. The summed E-state index contributed by atoms with van der Waals surface area (Å²) in [4.78, 5) is 0. The van der Waals surface area contributed by atoms with Crippen molar-refractivity contribution in [2.24, 2.45) is 11.5 Å². The van der Waals surface area contributed by atoms with Crippen LogP contribution in [-0.2, 0) is 0 Å². The molecule has 48 valence electrons. The van der Waals surface area contributed by atoms with Crippen molar-refractivity contribution in [3.8, 4) is 6.07 Å². The van der Waals surface area contributed by atoms with Crippen molar-refractivity contribution >= 4 is 17.4 Å². The summed E-state index contributed by atoms with van der Waals surface area (Å²) in [6, 6.07) is 1.57. The van der Waals surface area contributed by atoms with Crippen LogP contribution in [0.3, 0.4) is 0 Å². The predicted molar refractivity (Wildman–Crippen MR) is 34.6 cm³/mol. The van der Waals surface area contributed by atoms with Crippen LogP contribution in [0.15, 0.2) is 10.7 Å². The molecule has 0 saturated heterocycles. The summed E-state index contributed by atoms with van der Waals surface area (Å²) in [5.74, 6) is -0.412. The van der Waals surface area contributed by atoms with Crippen molar-refractivity contribution in [2.45, 2.75) is 0 Å². The number of nitrogens with one attached hydrogen (secondary N) is 1. The highest BCUT2D eigenvalue weighted by atomic mass is 35.5. The van der Waals surface area contributed by atoms with E-state index in [1.807, 2.05) is 0 Å². The van der Waals surface area contributed by atoms with Gasteiger partial charge in [0, 0.05) is 0 Å². The normalized spacial score (nSPS) is 11.6. The standard InChI is InChI=1S/C4H5ClN4/c5-3(7)2(1-6)4(8)9/h7H2,(H3,8,9)/b3-2+. The van der Waals surface area contributed by atoms with E-state index in [1.165, 1.54) is 0 Å². The molecule has 0 rings (SSSR count). The number of hydrogen-bond donors (Lipinski definition) is 3. The van der Waals surface area contributed by atoms with Gasteiger partial charge in [0.15, 0.2) is 0 Å². The third-order valence-electron chi connectivity index (χ3n) is 0.620. The highest BCUT2D eigenvalue weighted by Crippen LogP contribution is 1.99. The first-order valence-electron chi connectivity index (χ1n) is 1.99. The minimum absolute atomic E-state index is 0.184. The number of halogens is 1. The zero-order chi connectivity index (χ0) is 7.44. The lowest BCUT2D eigenvalue weighted by atomic mass is 10.3. The molecule has 0 aromatic heterocycles. The minimum Gasteiger partial charge on any atom is -0.388 e. The maximum absolute atomic E-state index is 8.17. The Kier molecular flexibility index (Phi) is 2.55. The Labute approximate surface area is 57.2 Å². The van der Waals surface area contributed by atoms with Crippen LogP contribution in [0.25, 0.3) is 0 Å². The summed E-state index contributed by atoms with van der Waals surface area (Å²) in [6.45, 7) is 0. The summed E-state index contributed by atoms with van der Waals surface area (Å²) in [5, 5.41) is 14.6. The second-order valence-electron chi connectivity index (χ2n) is 1.25. The van der Waals surface area contributed by atoms with E-state index in [1.54, 1.807) is 6.07 Å². The minimum atomic E-state index is -0.412. The fourth-order valence-electron chi connectivity index (χ4n) is 0.242. The molecule has 9 heavy (non-hydrogen) atoms. The molecule has 0 atom stereocenters. The molecule has 5 N–H and O–H groups in total. The molecule has 0 aliphatic heterocycles. The molecule has 0 aliphatic carbocycles. The van der Waals surface area contributed by atoms with Gasteiger partial charge >= 0.3 is 0 Å². The van der Waals surface area contributed by atoms with E-state index in [9.17, 15) is 0 Å². The number of rotatable bonds is 1. The Morgan fingerprint density at radius 2 is 2.00 bits per heavy atom. The Bertz CT molecular complexity index is 195. The lowest BCUT2D eigenvalue weighted by molar-refractivity contribution is 1.38. The van der Waals surface area contributed by atoms with Gasteiger partial charge in [-0.2, -0.15) is 5.26 Å². The average molecular weight is 145 g/mol. The topological polar surface area (TPSA) is 99.7 Å². The SMILES string of the molecule is N#C/C(C(=N)N)=C(\N)Cl. The lowest BCUT2D eigenvalue weighted by Gasteiger charge is -1.92. The number of nitrogens with two attached hydrogens (primary N) is 2. The lowest BCUT2D eigenvalue weighted by Crippen LogP contribution is -2.14. The van der Waals surface area contributed by atoms with Gasteiger partial charge < -0.3 is 11.5 Å². The van der Waals surface area contributed by atoms with Crippen molar-refractivity contribution in [1.82, 2.24) is 0 Å². The van der Waals surface area contributed by atoms with Crippen molar-refractivity contribution in [3.63, 3.8) is 0 Å². The maximum atomic E-state index is 8.17. The van der Waals surface area contributed by atoms with Crippen molar-refractivity contribution in [1.29, 1.82) is 10.7 Å². The Morgan fingerprint density at radius 1 is 1.56 bits per heavy atom. The third kappa shape index (κ3) is 2.02. The highest BCUT2D eigenvalue weighted by molar-refractivity contribution is 6.31. The van der Waals surface area contributed by atoms with Crippen LogP contribution in [0.4, 0.5) is 0 Å². The van der Waals surface area contributed by atoms with Gasteiger partial charge in [-0.25, -0.2) is 0 Å². The van der Waals surface area contributed by atoms with Crippen molar-refractivity contribution in [2.75, 3.05) is 0 Å². The maximum Gasteiger partial charge on any atom is 0.136 e. The quantitative estimate of drug-likeness (QED) is 0.207. The van der Waals surface area contributed by atoms with E-state index in [-0.39, 0.29) is 10.7 Å². The van der Waals surface area contributed by atoms with Crippen molar-refractivity contribution < 1.29 is 0 Å². The van der Waals surface area contributed by atoms with Crippen LogP contribution in [0, 0.1) is 16.7 Å². The van der Waals surface area contributed by atoms with Crippen LogP contribution in [0.2, 0.25) is 0 Å². The Hall–Kier alpha value is -1.21. The molecule has 0 unspecified atom stereocenters. The van der Waals surface area contributed by atoms with Crippen molar-refractivity contribution in [3.05, 3.63) is 10.7 Å². The number of nitriles is 1. The van der Waals surface area contributed by atoms with E-state index >= 15 is 0 Å². The molecular weight excluding hydrogens is 140 g/mol. The summed E-state index contributed by atoms with van der Waals surface area (Å²) in [7, 11) is 0. The first kappa shape index (κ1) is 7.79. The zero-order valence-corrected chi connectivity index (χ0v) is 5.24. The summed E-state index contributed by atoms with van der Waals surface area (Å²) in [5.41, 5.74) is 9.65. The fourth-order valence-corrected chi connectivity index (χ4v) is 0.386. The number of nitrogens with zero attached hydrogens (tertiary/aromatic N) is 1. The second-order valence-corrected chi connectivity index (χ2v) is 1.66.